The van der Waals surface area contributed by atoms with Gasteiger partial charge in [0.15, 0.2) is 5.11 Å². The molecule has 2 rings (SSSR count). The lowest BCUT2D eigenvalue weighted by atomic mass is 10.00. The molecule has 1 unspecified atom stereocenters. The topological polar surface area (TPSA) is 63.2 Å². The first-order valence-electron chi connectivity index (χ1n) is 5.41. The van der Waals surface area contributed by atoms with E-state index in [2.05, 4.69) is 15.6 Å². The molecule has 1 aromatic rings. The third-order valence-electron chi connectivity index (χ3n) is 2.66. The zero-order valence-electron chi connectivity index (χ0n) is 10.1. The number of hydrogen-bond acceptors (Lipinski definition) is 4. The predicted octanol–water partition coefficient (Wildman–Crippen LogP) is 1.05. The van der Waals surface area contributed by atoms with E-state index in [0.717, 1.165) is 5.69 Å². The van der Waals surface area contributed by atoms with Gasteiger partial charge in [0, 0.05) is 11.9 Å². The number of carbonyl (C=O) groups is 1. The minimum Gasteiger partial charge on any atom is -0.466 e. The van der Waals surface area contributed by atoms with E-state index in [1.807, 2.05) is 18.2 Å². The molecule has 0 aliphatic carbocycles. The highest BCUT2D eigenvalue weighted by molar-refractivity contribution is 7.80. The molecule has 2 heterocycles. The number of aromatic nitrogens is 1. The summed E-state index contributed by atoms with van der Waals surface area (Å²) in [5, 5.41) is 6.41. The number of nitrogens with zero attached hydrogens (tertiary/aromatic N) is 1. The summed E-state index contributed by atoms with van der Waals surface area (Å²) in [5.74, 6) is -0.398. The summed E-state index contributed by atoms with van der Waals surface area (Å²) in [6, 6.07) is 5.13. The van der Waals surface area contributed by atoms with Crippen LogP contribution >= 0.6 is 12.2 Å². The number of esters is 1. The Morgan fingerprint density at radius 2 is 2.28 bits per heavy atom. The molecule has 1 aromatic heterocycles. The van der Waals surface area contributed by atoms with Gasteiger partial charge < -0.3 is 15.4 Å². The molecule has 0 amide bonds. The van der Waals surface area contributed by atoms with Crippen LogP contribution in [0.3, 0.4) is 0 Å². The molecule has 2 N–H and O–H groups in total. The van der Waals surface area contributed by atoms with Crippen LogP contribution in [0.2, 0.25) is 0 Å². The van der Waals surface area contributed by atoms with Gasteiger partial charge in [-0.25, -0.2) is 4.79 Å². The Morgan fingerprint density at radius 1 is 1.50 bits per heavy atom. The molecule has 5 nitrogen and oxygen atoms in total. The lowest BCUT2D eigenvalue weighted by molar-refractivity contribution is -0.136. The highest BCUT2D eigenvalue weighted by Gasteiger charge is 2.31. The van der Waals surface area contributed by atoms with Crippen LogP contribution in [0.5, 0.6) is 0 Å². The largest absolute Gasteiger partial charge is 0.466 e. The number of hydrogen-bond donors (Lipinski definition) is 2. The van der Waals surface area contributed by atoms with Crippen LogP contribution in [-0.2, 0) is 9.53 Å². The molecule has 0 saturated heterocycles. The van der Waals surface area contributed by atoms with Crippen LogP contribution in [-0.4, -0.2) is 23.2 Å². The second-order valence-corrected chi connectivity index (χ2v) is 4.22. The van der Waals surface area contributed by atoms with Gasteiger partial charge in [0.1, 0.15) is 6.04 Å². The van der Waals surface area contributed by atoms with E-state index >= 15 is 0 Å². The molecule has 1 aliphatic rings. The van der Waals surface area contributed by atoms with Gasteiger partial charge in [-0.2, -0.15) is 0 Å². The smallest absolute Gasteiger partial charge is 0.338 e. The minimum atomic E-state index is -0.398. The molecule has 0 bridgehead atoms. The molecule has 0 radical (unpaired) electrons. The normalized spacial score (nSPS) is 19.0. The number of ether oxygens (including phenoxy) is 1. The Bertz CT molecular complexity index is 513. The average molecular weight is 263 g/mol. The van der Waals surface area contributed by atoms with Crippen molar-refractivity contribution in [2.24, 2.45) is 0 Å². The van der Waals surface area contributed by atoms with Gasteiger partial charge in [0.2, 0.25) is 0 Å². The third-order valence-corrected chi connectivity index (χ3v) is 2.88. The van der Waals surface area contributed by atoms with Crippen molar-refractivity contribution < 1.29 is 9.53 Å². The first-order valence-corrected chi connectivity index (χ1v) is 5.82. The molecule has 6 heteroatoms. The van der Waals surface area contributed by atoms with Crippen molar-refractivity contribution in [1.29, 1.82) is 0 Å². The number of allylic oxidation sites excluding steroid dienone is 1. The first kappa shape index (κ1) is 12.5. The standard InChI is InChI=1S/C12H13N3O2S/c1-7-9(11(16)17-2)10(15-12(18)14-7)8-5-3-4-6-13-8/h3-6,10H,1-2H3,(H2,14,15,18). The van der Waals surface area contributed by atoms with Crippen molar-refractivity contribution in [1.82, 2.24) is 15.6 Å². The average Bonchev–Trinajstić information content (AvgIpc) is 2.38. The van der Waals surface area contributed by atoms with Crippen molar-refractivity contribution in [3.8, 4) is 0 Å². The Kier molecular flexibility index (Phi) is 3.57. The van der Waals surface area contributed by atoms with E-state index in [-0.39, 0.29) is 6.04 Å². The van der Waals surface area contributed by atoms with Gasteiger partial charge in [-0.15, -0.1) is 0 Å². The molecule has 0 spiro atoms. The number of nitrogens with one attached hydrogen (secondary N) is 2. The highest BCUT2D eigenvalue weighted by Crippen LogP contribution is 2.25. The van der Waals surface area contributed by atoms with E-state index in [9.17, 15) is 4.79 Å². The van der Waals surface area contributed by atoms with Crippen LogP contribution in [0.4, 0.5) is 0 Å². The summed E-state index contributed by atoms with van der Waals surface area (Å²) in [4.78, 5) is 16.1. The van der Waals surface area contributed by atoms with Crippen LogP contribution < -0.4 is 10.6 Å². The maximum atomic E-state index is 11.8. The first-order chi connectivity index (χ1) is 8.63. The van der Waals surface area contributed by atoms with Gasteiger partial charge in [0.25, 0.3) is 0 Å². The van der Waals surface area contributed by atoms with Gasteiger partial charge in [-0.05, 0) is 31.3 Å². The molecule has 18 heavy (non-hydrogen) atoms. The Balaban J connectivity index is 2.46. The zero-order chi connectivity index (χ0) is 13.1. The molecule has 0 saturated carbocycles. The fourth-order valence-corrected chi connectivity index (χ4v) is 2.11. The van der Waals surface area contributed by atoms with E-state index < -0.39 is 5.97 Å². The lowest BCUT2D eigenvalue weighted by Gasteiger charge is -2.28. The van der Waals surface area contributed by atoms with Gasteiger partial charge in [-0.1, -0.05) is 6.07 Å². The van der Waals surface area contributed by atoms with Crippen LogP contribution in [0.25, 0.3) is 0 Å². The van der Waals surface area contributed by atoms with Crippen LogP contribution in [0, 0.1) is 0 Å². The van der Waals surface area contributed by atoms with Crippen LogP contribution in [0.15, 0.2) is 35.7 Å². The van der Waals surface area contributed by atoms with Crippen molar-refractivity contribution in [2.45, 2.75) is 13.0 Å². The summed E-state index contributed by atoms with van der Waals surface area (Å²) < 4.78 is 4.80. The van der Waals surface area contributed by atoms with Crippen molar-refractivity contribution >= 4 is 23.3 Å². The maximum absolute atomic E-state index is 11.8. The number of rotatable bonds is 2. The Labute approximate surface area is 110 Å². The van der Waals surface area contributed by atoms with E-state index in [1.165, 1.54) is 7.11 Å². The highest BCUT2D eigenvalue weighted by atomic mass is 32.1. The number of thiocarbonyl (C=S) groups is 1. The van der Waals surface area contributed by atoms with Crippen molar-refractivity contribution in [3.63, 3.8) is 0 Å². The maximum Gasteiger partial charge on any atom is 0.338 e. The summed E-state index contributed by atoms with van der Waals surface area (Å²) >= 11 is 5.10. The lowest BCUT2D eigenvalue weighted by Crippen LogP contribution is -2.45. The molecule has 0 fully saturated rings. The third kappa shape index (κ3) is 2.33. The fraction of sp³-hybridized carbons (Fsp3) is 0.250. The predicted molar refractivity (Wildman–Crippen MR) is 70.6 cm³/mol. The van der Waals surface area contributed by atoms with Crippen LogP contribution in [0.1, 0.15) is 18.7 Å². The van der Waals surface area contributed by atoms with Gasteiger partial charge in [0.05, 0.1) is 18.4 Å². The van der Waals surface area contributed by atoms with Gasteiger partial charge in [-0.3, -0.25) is 4.98 Å². The second kappa shape index (κ2) is 5.14. The minimum absolute atomic E-state index is 0.382. The summed E-state index contributed by atoms with van der Waals surface area (Å²) in [6.45, 7) is 1.79. The fourth-order valence-electron chi connectivity index (χ4n) is 1.84. The zero-order valence-corrected chi connectivity index (χ0v) is 10.9. The van der Waals surface area contributed by atoms with E-state index in [0.29, 0.717) is 16.4 Å². The molecule has 0 aromatic carbocycles. The SMILES string of the molecule is COC(=O)C1=C(C)NC(=S)NC1c1ccccn1. The van der Waals surface area contributed by atoms with Crippen molar-refractivity contribution in [3.05, 3.63) is 41.4 Å². The monoisotopic (exact) mass is 263 g/mol. The summed E-state index contributed by atoms with van der Waals surface area (Å²) in [5.41, 5.74) is 1.90. The molecular formula is C12H13N3O2S. The summed E-state index contributed by atoms with van der Waals surface area (Å²) in [6.07, 6.45) is 1.67. The van der Waals surface area contributed by atoms with E-state index in [4.69, 9.17) is 17.0 Å². The number of methoxy groups -OCH3 is 1. The Morgan fingerprint density at radius 3 is 2.89 bits per heavy atom. The Hall–Kier alpha value is -1.95. The van der Waals surface area contributed by atoms with Crippen molar-refractivity contribution in [2.75, 3.05) is 7.11 Å². The second-order valence-electron chi connectivity index (χ2n) is 3.82. The molecule has 1 aliphatic heterocycles. The van der Waals surface area contributed by atoms with E-state index in [1.54, 1.807) is 13.1 Å². The number of carbonyl (C=O) groups excluding carboxylic acids is 1. The molecule has 1 atom stereocenters. The summed E-state index contributed by atoms with van der Waals surface area (Å²) in [7, 11) is 1.35. The molecular weight excluding hydrogens is 250 g/mol. The number of pyridine rings is 1. The molecule has 94 valence electrons. The van der Waals surface area contributed by atoms with Gasteiger partial charge >= 0.3 is 5.97 Å². The quantitative estimate of drug-likeness (QED) is 0.614.